The average molecular weight is 172 g/mol. The van der Waals surface area contributed by atoms with Crippen LogP contribution >= 0.6 is 0 Å². The van der Waals surface area contributed by atoms with E-state index >= 15 is 0 Å². The molecule has 2 fully saturated rings. The number of halogens is 1. The van der Waals surface area contributed by atoms with E-state index in [4.69, 9.17) is 0 Å². The molecule has 0 bridgehead atoms. The number of hydrogen-bond acceptors (Lipinski definition) is 0. The van der Waals surface area contributed by atoms with Gasteiger partial charge in [0.05, 0.1) is 0 Å². The van der Waals surface area contributed by atoms with Gasteiger partial charge in [-0.25, -0.2) is 4.39 Å². The first kappa shape index (κ1) is 10.0. The fourth-order valence-electron chi connectivity index (χ4n) is 2.83. The number of hydrogen-bond donors (Lipinski definition) is 0. The third-order valence-corrected chi connectivity index (χ3v) is 3.79. The van der Waals surface area contributed by atoms with Gasteiger partial charge in [0.1, 0.15) is 5.67 Å². The van der Waals surface area contributed by atoms with Crippen molar-refractivity contribution in [3.63, 3.8) is 0 Å². The van der Waals surface area contributed by atoms with Gasteiger partial charge in [-0.15, -0.1) is 0 Å². The standard InChI is InChI=1S/C9H15F.C2H6/c1-5-4-7-8(6(5)2)9(7,3)10;1-2/h5-8H,4H2,1-3H3;1-2H3. The Kier molecular flexibility index (Phi) is 2.51. The Hall–Kier alpha value is -0.0700. The first-order chi connectivity index (χ1) is 5.55. The van der Waals surface area contributed by atoms with Crippen LogP contribution in [-0.4, -0.2) is 5.67 Å². The van der Waals surface area contributed by atoms with Gasteiger partial charge in [0.25, 0.3) is 0 Å². The number of fused-ring (bicyclic) bond motifs is 1. The second kappa shape index (κ2) is 3.01. The van der Waals surface area contributed by atoms with Crippen LogP contribution in [0.25, 0.3) is 0 Å². The summed E-state index contributed by atoms with van der Waals surface area (Å²) in [6.07, 6.45) is 1.12. The first-order valence-corrected chi connectivity index (χ1v) is 5.24. The van der Waals surface area contributed by atoms with Crippen molar-refractivity contribution in [3.8, 4) is 0 Å². The summed E-state index contributed by atoms with van der Waals surface area (Å²) in [4.78, 5) is 0. The van der Waals surface area contributed by atoms with Gasteiger partial charge >= 0.3 is 0 Å². The maximum atomic E-state index is 13.3. The molecule has 0 N–H and O–H groups in total. The normalized spacial score (nSPS) is 55.5. The molecule has 0 aromatic carbocycles. The van der Waals surface area contributed by atoms with Crippen molar-refractivity contribution in [2.24, 2.45) is 23.7 Å². The smallest absolute Gasteiger partial charge is 0.114 e. The van der Waals surface area contributed by atoms with E-state index in [1.165, 1.54) is 0 Å². The number of alkyl halides is 1. The lowest BCUT2D eigenvalue weighted by atomic mass is 9.92. The van der Waals surface area contributed by atoms with Crippen molar-refractivity contribution in [1.82, 2.24) is 0 Å². The molecule has 12 heavy (non-hydrogen) atoms. The van der Waals surface area contributed by atoms with E-state index in [-0.39, 0.29) is 0 Å². The summed E-state index contributed by atoms with van der Waals surface area (Å²) in [5, 5.41) is 0. The zero-order chi connectivity index (χ0) is 9.52. The fourth-order valence-corrected chi connectivity index (χ4v) is 2.83. The van der Waals surface area contributed by atoms with E-state index in [2.05, 4.69) is 13.8 Å². The van der Waals surface area contributed by atoms with Gasteiger partial charge in [-0.1, -0.05) is 27.7 Å². The lowest BCUT2D eigenvalue weighted by Gasteiger charge is -2.16. The molecule has 0 heterocycles. The third kappa shape index (κ3) is 1.18. The van der Waals surface area contributed by atoms with E-state index in [1.54, 1.807) is 6.92 Å². The molecule has 0 amide bonds. The second-order valence-corrected chi connectivity index (χ2v) is 4.36. The van der Waals surface area contributed by atoms with Crippen LogP contribution in [0.3, 0.4) is 0 Å². The predicted octanol–water partition coefficient (Wildman–Crippen LogP) is 3.66. The molecule has 72 valence electrons. The van der Waals surface area contributed by atoms with Crippen LogP contribution in [0.5, 0.6) is 0 Å². The molecule has 0 nitrogen and oxygen atoms in total. The lowest BCUT2D eigenvalue weighted by molar-refractivity contribution is 0.213. The highest BCUT2D eigenvalue weighted by Crippen LogP contribution is 2.66. The summed E-state index contributed by atoms with van der Waals surface area (Å²) in [5.41, 5.74) is -0.786. The molecule has 5 unspecified atom stereocenters. The molecule has 0 aromatic rings. The van der Waals surface area contributed by atoms with Crippen molar-refractivity contribution in [3.05, 3.63) is 0 Å². The van der Waals surface area contributed by atoms with Crippen LogP contribution in [0.1, 0.15) is 41.0 Å². The summed E-state index contributed by atoms with van der Waals surface area (Å²) in [7, 11) is 0. The maximum absolute atomic E-state index is 13.3. The minimum absolute atomic E-state index is 0.405. The van der Waals surface area contributed by atoms with Gasteiger partial charge in [0.2, 0.25) is 0 Å². The largest absolute Gasteiger partial charge is 0.244 e. The van der Waals surface area contributed by atoms with Gasteiger partial charge < -0.3 is 0 Å². The second-order valence-electron chi connectivity index (χ2n) is 4.36. The highest BCUT2D eigenvalue weighted by molar-refractivity contribution is 5.16. The average Bonchev–Trinajstić information content (AvgIpc) is 2.37. The van der Waals surface area contributed by atoms with Crippen molar-refractivity contribution >= 4 is 0 Å². The Morgan fingerprint density at radius 1 is 1.25 bits per heavy atom. The first-order valence-electron chi connectivity index (χ1n) is 5.24. The quantitative estimate of drug-likeness (QED) is 0.523. The Bertz CT molecular complexity index is 160. The van der Waals surface area contributed by atoms with Gasteiger partial charge in [0, 0.05) is 5.92 Å². The van der Waals surface area contributed by atoms with Gasteiger partial charge in [-0.3, -0.25) is 0 Å². The van der Waals surface area contributed by atoms with Crippen LogP contribution in [0, 0.1) is 23.7 Å². The van der Waals surface area contributed by atoms with E-state index in [0.29, 0.717) is 17.8 Å². The minimum atomic E-state index is -0.786. The Labute approximate surface area is 75.5 Å². The molecule has 0 radical (unpaired) electrons. The summed E-state index contributed by atoms with van der Waals surface area (Å²) in [6, 6.07) is 0. The molecular formula is C11H21F. The molecular weight excluding hydrogens is 151 g/mol. The molecule has 0 aliphatic heterocycles. The van der Waals surface area contributed by atoms with Crippen molar-refractivity contribution in [2.45, 2.75) is 46.7 Å². The zero-order valence-electron chi connectivity index (χ0n) is 8.89. The van der Waals surface area contributed by atoms with Crippen molar-refractivity contribution < 1.29 is 4.39 Å². The molecule has 0 aromatic heterocycles. The molecule has 2 aliphatic carbocycles. The van der Waals surface area contributed by atoms with Crippen LogP contribution in [0.2, 0.25) is 0 Å². The Balaban J connectivity index is 0.000000336. The molecule has 1 heteroatoms. The highest BCUT2D eigenvalue weighted by atomic mass is 19.1. The van der Waals surface area contributed by atoms with Crippen LogP contribution < -0.4 is 0 Å². The highest BCUT2D eigenvalue weighted by Gasteiger charge is 2.68. The lowest BCUT2D eigenvalue weighted by Crippen LogP contribution is -2.14. The van der Waals surface area contributed by atoms with Crippen molar-refractivity contribution in [2.75, 3.05) is 0 Å². The molecule has 2 rings (SSSR count). The number of rotatable bonds is 0. The van der Waals surface area contributed by atoms with Gasteiger partial charge in [0.15, 0.2) is 0 Å². The molecule has 0 spiro atoms. The van der Waals surface area contributed by atoms with Crippen LogP contribution in [-0.2, 0) is 0 Å². The predicted molar refractivity (Wildman–Crippen MR) is 50.8 cm³/mol. The topological polar surface area (TPSA) is 0 Å². The molecule has 2 aliphatic rings. The van der Waals surface area contributed by atoms with Gasteiger partial charge in [-0.2, -0.15) is 0 Å². The van der Waals surface area contributed by atoms with E-state index < -0.39 is 5.67 Å². The molecule has 5 atom stereocenters. The SMILES string of the molecule is CC.CC1CC2C(C1C)C2(C)F. The Morgan fingerprint density at radius 3 is 2.00 bits per heavy atom. The van der Waals surface area contributed by atoms with Crippen molar-refractivity contribution in [1.29, 1.82) is 0 Å². The van der Waals surface area contributed by atoms with E-state index in [0.717, 1.165) is 12.3 Å². The van der Waals surface area contributed by atoms with E-state index in [1.807, 2.05) is 13.8 Å². The summed E-state index contributed by atoms with van der Waals surface area (Å²) in [5.74, 6) is 2.21. The van der Waals surface area contributed by atoms with Crippen LogP contribution in [0.4, 0.5) is 4.39 Å². The van der Waals surface area contributed by atoms with Crippen LogP contribution in [0.15, 0.2) is 0 Å². The minimum Gasteiger partial charge on any atom is -0.244 e. The fraction of sp³-hybridized carbons (Fsp3) is 1.00. The summed E-state index contributed by atoms with van der Waals surface area (Å²) >= 11 is 0. The summed E-state index contributed by atoms with van der Waals surface area (Å²) in [6.45, 7) is 10.2. The Morgan fingerprint density at radius 2 is 1.75 bits per heavy atom. The third-order valence-electron chi connectivity index (χ3n) is 3.79. The molecule has 0 saturated heterocycles. The van der Waals surface area contributed by atoms with E-state index in [9.17, 15) is 4.39 Å². The molecule has 2 saturated carbocycles. The monoisotopic (exact) mass is 172 g/mol. The maximum Gasteiger partial charge on any atom is 0.114 e. The summed E-state index contributed by atoms with van der Waals surface area (Å²) < 4.78 is 13.3. The van der Waals surface area contributed by atoms with Gasteiger partial charge in [-0.05, 0) is 31.1 Å². The zero-order valence-corrected chi connectivity index (χ0v) is 8.89.